The average Bonchev–Trinajstić information content (AvgIpc) is 3.10. The van der Waals surface area contributed by atoms with Gasteiger partial charge in [0.2, 0.25) is 0 Å². The largest absolute Gasteiger partial charge is 0.467 e. The Hall–Kier alpha value is -1.82. The molecule has 0 saturated carbocycles. The van der Waals surface area contributed by atoms with Crippen LogP contribution in [-0.4, -0.2) is 41.9 Å². The number of hydrogen-bond acceptors (Lipinski definition) is 4. The first-order chi connectivity index (χ1) is 11.6. The number of nitrogens with zero attached hydrogens (tertiary/aromatic N) is 2. The van der Waals surface area contributed by atoms with Crippen molar-refractivity contribution in [2.75, 3.05) is 26.2 Å². The molecular formula is C18H22ClN3O2. The number of nitrogens with two attached hydrogens (primary N) is 1. The summed E-state index contributed by atoms with van der Waals surface area (Å²) in [5, 5.41) is 0.748. The molecule has 1 atom stereocenters. The van der Waals surface area contributed by atoms with E-state index in [1.807, 2.05) is 17.0 Å². The second kappa shape index (κ2) is 7.38. The third-order valence-electron chi connectivity index (χ3n) is 4.60. The van der Waals surface area contributed by atoms with Crippen LogP contribution in [0.4, 0.5) is 0 Å². The van der Waals surface area contributed by atoms with Crippen molar-refractivity contribution in [3.05, 3.63) is 58.5 Å². The summed E-state index contributed by atoms with van der Waals surface area (Å²) in [6.45, 7) is 5.60. The van der Waals surface area contributed by atoms with E-state index < -0.39 is 0 Å². The summed E-state index contributed by atoms with van der Waals surface area (Å²) >= 11 is 5.95. The Balaban J connectivity index is 1.58. The Labute approximate surface area is 147 Å². The Kier molecular flexibility index (Phi) is 5.23. The molecule has 1 aromatic carbocycles. The number of piperazine rings is 1. The summed E-state index contributed by atoms with van der Waals surface area (Å²) < 4.78 is 5.26. The van der Waals surface area contributed by atoms with E-state index in [0.29, 0.717) is 37.0 Å². The molecule has 128 valence electrons. The van der Waals surface area contributed by atoms with Crippen LogP contribution in [0.2, 0.25) is 5.02 Å². The highest BCUT2D eigenvalue weighted by Crippen LogP contribution is 2.23. The molecule has 1 aliphatic heterocycles. The van der Waals surface area contributed by atoms with Gasteiger partial charge in [-0.3, -0.25) is 9.69 Å². The van der Waals surface area contributed by atoms with Crippen LogP contribution >= 0.6 is 11.6 Å². The molecule has 1 amide bonds. The Morgan fingerprint density at radius 3 is 2.50 bits per heavy atom. The molecule has 6 heteroatoms. The van der Waals surface area contributed by atoms with Crippen LogP contribution in [0, 0.1) is 0 Å². The van der Waals surface area contributed by atoms with Crippen LogP contribution in [0.5, 0.6) is 0 Å². The van der Waals surface area contributed by atoms with E-state index in [4.69, 9.17) is 21.8 Å². The van der Waals surface area contributed by atoms with Gasteiger partial charge in [0.15, 0.2) is 0 Å². The Morgan fingerprint density at radius 1 is 1.25 bits per heavy atom. The molecule has 0 spiro atoms. The quantitative estimate of drug-likeness (QED) is 0.923. The number of halogens is 1. The Bertz CT molecular complexity index is 691. The molecule has 5 nitrogen and oxygen atoms in total. The fraction of sp³-hybridized carbons (Fsp3) is 0.389. The molecule has 0 radical (unpaired) electrons. The van der Waals surface area contributed by atoms with E-state index >= 15 is 0 Å². The van der Waals surface area contributed by atoms with Crippen LogP contribution in [0.15, 0.2) is 41.0 Å². The molecular weight excluding hydrogens is 326 g/mol. The van der Waals surface area contributed by atoms with E-state index in [1.54, 1.807) is 6.07 Å². The molecule has 1 aromatic heterocycles. The highest BCUT2D eigenvalue weighted by atomic mass is 35.5. The van der Waals surface area contributed by atoms with Crippen molar-refractivity contribution in [1.29, 1.82) is 0 Å². The standard InChI is InChI=1S/C18H22ClN3O2/c1-13(14-2-4-16(19)5-3-14)21-6-8-22(9-7-21)18(23)15-10-17(11-20)24-12-15/h2-5,10,12-13H,6-9,11,20H2,1H3. The van der Waals surface area contributed by atoms with Gasteiger partial charge in [-0.25, -0.2) is 0 Å². The van der Waals surface area contributed by atoms with E-state index in [2.05, 4.69) is 24.0 Å². The van der Waals surface area contributed by atoms with Gasteiger partial charge in [-0.2, -0.15) is 0 Å². The number of benzene rings is 1. The smallest absolute Gasteiger partial charge is 0.257 e. The second-order valence-electron chi connectivity index (χ2n) is 6.06. The average molecular weight is 348 g/mol. The number of carbonyl (C=O) groups is 1. The van der Waals surface area contributed by atoms with Gasteiger partial charge in [0, 0.05) is 37.2 Å². The molecule has 1 saturated heterocycles. The summed E-state index contributed by atoms with van der Waals surface area (Å²) in [4.78, 5) is 16.8. The first kappa shape index (κ1) is 17.0. The van der Waals surface area contributed by atoms with Gasteiger partial charge in [-0.1, -0.05) is 23.7 Å². The Morgan fingerprint density at radius 2 is 1.92 bits per heavy atom. The number of carbonyl (C=O) groups excluding carboxylic acids is 1. The third kappa shape index (κ3) is 3.64. The lowest BCUT2D eigenvalue weighted by Gasteiger charge is -2.38. The van der Waals surface area contributed by atoms with Crippen molar-refractivity contribution < 1.29 is 9.21 Å². The molecule has 0 bridgehead atoms. The van der Waals surface area contributed by atoms with Crippen LogP contribution in [0.25, 0.3) is 0 Å². The van der Waals surface area contributed by atoms with Crippen LogP contribution in [0.1, 0.15) is 34.6 Å². The highest BCUT2D eigenvalue weighted by molar-refractivity contribution is 6.30. The van der Waals surface area contributed by atoms with Gasteiger partial charge in [-0.15, -0.1) is 0 Å². The van der Waals surface area contributed by atoms with Crippen molar-refractivity contribution in [3.8, 4) is 0 Å². The van der Waals surface area contributed by atoms with Gasteiger partial charge in [0.05, 0.1) is 12.1 Å². The summed E-state index contributed by atoms with van der Waals surface area (Å²) in [6, 6.07) is 9.99. The normalized spacial score (nSPS) is 17.0. The maximum Gasteiger partial charge on any atom is 0.257 e. The maximum atomic E-state index is 12.5. The first-order valence-corrected chi connectivity index (χ1v) is 8.52. The predicted octanol–water partition coefficient (Wildman–Crippen LogP) is 2.91. The van der Waals surface area contributed by atoms with Crippen molar-refractivity contribution in [1.82, 2.24) is 9.80 Å². The monoisotopic (exact) mass is 347 g/mol. The SMILES string of the molecule is CC(c1ccc(Cl)cc1)N1CCN(C(=O)c2coc(CN)c2)CC1. The molecule has 2 aromatic rings. The number of rotatable bonds is 4. The number of hydrogen-bond donors (Lipinski definition) is 1. The molecule has 0 aliphatic carbocycles. The minimum absolute atomic E-state index is 0.0113. The fourth-order valence-electron chi connectivity index (χ4n) is 3.05. The zero-order chi connectivity index (χ0) is 17.1. The molecule has 2 heterocycles. The fourth-order valence-corrected chi connectivity index (χ4v) is 3.17. The predicted molar refractivity (Wildman–Crippen MR) is 93.9 cm³/mol. The molecule has 1 aliphatic rings. The van der Waals surface area contributed by atoms with E-state index in [9.17, 15) is 4.79 Å². The third-order valence-corrected chi connectivity index (χ3v) is 4.86. The summed E-state index contributed by atoms with van der Waals surface area (Å²) in [6.07, 6.45) is 1.49. The second-order valence-corrected chi connectivity index (χ2v) is 6.50. The van der Waals surface area contributed by atoms with Crippen molar-refractivity contribution in [2.45, 2.75) is 19.5 Å². The molecule has 2 N–H and O–H groups in total. The highest BCUT2D eigenvalue weighted by Gasteiger charge is 2.26. The zero-order valence-corrected chi connectivity index (χ0v) is 14.5. The minimum Gasteiger partial charge on any atom is -0.467 e. The van der Waals surface area contributed by atoms with Crippen LogP contribution in [0.3, 0.4) is 0 Å². The lowest BCUT2D eigenvalue weighted by molar-refractivity contribution is 0.0581. The summed E-state index contributed by atoms with van der Waals surface area (Å²) in [7, 11) is 0. The van der Waals surface area contributed by atoms with Gasteiger partial charge in [-0.05, 0) is 30.7 Å². The van der Waals surface area contributed by atoms with Crippen molar-refractivity contribution >= 4 is 17.5 Å². The van der Waals surface area contributed by atoms with Crippen LogP contribution < -0.4 is 5.73 Å². The number of amides is 1. The maximum absolute atomic E-state index is 12.5. The van der Waals surface area contributed by atoms with Crippen molar-refractivity contribution in [2.24, 2.45) is 5.73 Å². The molecule has 24 heavy (non-hydrogen) atoms. The van der Waals surface area contributed by atoms with Gasteiger partial charge in [0.1, 0.15) is 12.0 Å². The van der Waals surface area contributed by atoms with Gasteiger partial charge in [0.25, 0.3) is 5.91 Å². The zero-order valence-electron chi connectivity index (χ0n) is 13.7. The first-order valence-electron chi connectivity index (χ1n) is 8.14. The summed E-state index contributed by atoms with van der Waals surface area (Å²) in [5.74, 6) is 0.644. The lowest BCUT2D eigenvalue weighted by Crippen LogP contribution is -2.49. The van der Waals surface area contributed by atoms with Crippen molar-refractivity contribution in [3.63, 3.8) is 0 Å². The lowest BCUT2D eigenvalue weighted by atomic mass is 10.1. The minimum atomic E-state index is 0.0113. The topological polar surface area (TPSA) is 62.7 Å². The van der Waals surface area contributed by atoms with E-state index in [0.717, 1.165) is 18.1 Å². The number of furan rings is 1. The molecule has 3 rings (SSSR count). The van der Waals surface area contributed by atoms with Crippen LogP contribution in [-0.2, 0) is 6.54 Å². The molecule has 1 fully saturated rings. The van der Waals surface area contributed by atoms with E-state index in [1.165, 1.54) is 11.8 Å². The van der Waals surface area contributed by atoms with Gasteiger partial charge >= 0.3 is 0 Å². The van der Waals surface area contributed by atoms with Gasteiger partial charge < -0.3 is 15.1 Å². The van der Waals surface area contributed by atoms with E-state index in [-0.39, 0.29) is 5.91 Å². The summed E-state index contributed by atoms with van der Waals surface area (Å²) in [5.41, 5.74) is 7.34. The molecule has 1 unspecified atom stereocenters.